The van der Waals surface area contributed by atoms with Gasteiger partial charge in [-0.15, -0.1) is 11.3 Å². The molecular formula is C18H25N3O6S2. The molecule has 2 aliphatic heterocycles. The number of carboxylic acid groups (broad SMARTS) is 1. The van der Waals surface area contributed by atoms with Crippen molar-refractivity contribution in [1.82, 2.24) is 9.62 Å². The van der Waals surface area contributed by atoms with Crippen molar-refractivity contribution in [3.8, 4) is 0 Å². The van der Waals surface area contributed by atoms with Crippen molar-refractivity contribution < 1.29 is 28.0 Å². The highest BCUT2D eigenvalue weighted by Gasteiger charge is 2.46. The van der Waals surface area contributed by atoms with E-state index in [2.05, 4.69) is 10.5 Å². The number of rotatable bonds is 7. The predicted octanol–water partition coefficient (Wildman–Crippen LogP) is 1.66. The van der Waals surface area contributed by atoms with Crippen LogP contribution < -0.4 is 5.32 Å². The molecule has 11 heteroatoms. The average molecular weight is 444 g/mol. The molecule has 1 saturated heterocycles. The van der Waals surface area contributed by atoms with Crippen LogP contribution in [0.5, 0.6) is 0 Å². The van der Waals surface area contributed by atoms with Crippen LogP contribution in [0.1, 0.15) is 39.5 Å². The number of carbonyl (C=O) groups excluding carboxylic acids is 1. The van der Waals surface area contributed by atoms with E-state index in [1.807, 2.05) is 13.8 Å². The molecule has 0 aromatic carbocycles. The normalized spacial score (nSPS) is 20.3. The second kappa shape index (κ2) is 8.41. The van der Waals surface area contributed by atoms with Crippen molar-refractivity contribution in [1.29, 1.82) is 0 Å². The van der Waals surface area contributed by atoms with Crippen molar-refractivity contribution in [2.24, 2.45) is 11.1 Å². The molecule has 0 bridgehead atoms. The lowest BCUT2D eigenvalue weighted by Gasteiger charge is -2.36. The number of thiophene rings is 1. The van der Waals surface area contributed by atoms with E-state index in [4.69, 9.17) is 4.84 Å². The molecule has 160 valence electrons. The van der Waals surface area contributed by atoms with Gasteiger partial charge in [-0.2, -0.15) is 4.31 Å². The quantitative estimate of drug-likeness (QED) is 0.660. The lowest BCUT2D eigenvalue weighted by molar-refractivity contribution is -0.141. The number of oxime groups is 1. The second-order valence-electron chi connectivity index (χ2n) is 7.82. The van der Waals surface area contributed by atoms with Crippen molar-refractivity contribution in [3.05, 3.63) is 17.5 Å². The molecule has 1 aromatic rings. The Balaban J connectivity index is 1.58. The average Bonchev–Trinajstić information content (AvgIpc) is 3.32. The minimum atomic E-state index is -3.52. The summed E-state index contributed by atoms with van der Waals surface area (Å²) in [6.07, 6.45) is 1.37. The highest BCUT2D eigenvalue weighted by atomic mass is 32.2. The Hall–Kier alpha value is -1.98. The third-order valence-electron chi connectivity index (χ3n) is 5.13. The fourth-order valence-electron chi connectivity index (χ4n) is 3.52. The summed E-state index contributed by atoms with van der Waals surface area (Å²) in [6.45, 7) is 4.31. The summed E-state index contributed by atoms with van der Waals surface area (Å²) in [7, 11) is -3.52. The number of nitrogens with zero attached hydrogens (tertiary/aromatic N) is 2. The fraction of sp³-hybridized carbons (Fsp3) is 0.611. The zero-order valence-corrected chi connectivity index (χ0v) is 18.0. The van der Waals surface area contributed by atoms with Crippen LogP contribution >= 0.6 is 11.3 Å². The van der Waals surface area contributed by atoms with E-state index >= 15 is 0 Å². The molecule has 9 nitrogen and oxygen atoms in total. The van der Waals surface area contributed by atoms with Gasteiger partial charge < -0.3 is 15.3 Å². The first-order valence-corrected chi connectivity index (χ1v) is 11.8. The Morgan fingerprint density at radius 3 is 2.62 bits per heavy atom. The van der Waals surface area contributed by atoms with Gasteiger partial charge in [0.15, 0.2) is 0 Å². The minimum Gasteiger partial charge on any atom is -0.480 e. The Bertz CT molecular complexity index is 887. The van der Waals surface area contributed by atoms with E-state index in [1.165, 1.54) is 15.6 Å². The fourth-order valence-corrected chi connectivity index (χ4v) is 6.10. The highest BCUT2D eigenvalue weighted by molar-refractivity contribution is 7.91. The van der Waals surface area contributed by atoms with E-state index in [-0.39, 0.29) is 31.1 Å². The summed E-state index contributed by atoms with van der Waals surface area (Å²) in [5.41, 5.74) is -0.570. The van der Waals surface area contributed by atoms with Crippen LogP contribution in [0.15, 0.2) is 26.9 Å². The van der Waals surface area contributed by atoms with Gasteiger partial charge in [-0.1, -0.05) is 25.1 Å². The molecule has 3 rings (SSSR count). The zero-order chi connectivity index (χ0) is 21.2. The molecule has 0 aliphatic carbocycles. The van der Waals surface area contributed by atoms with Crippen LogP contribution in [0.4, 0.5) is 0 Å². The zero-order valence-electron chi connectivity index (χ0n) is 16.3. The van der Waals surface area contributed by atoms with Gasteiger partial charge in [0, 0.05) is 32.4 Å². The number of nitrogens with one attached hydrogen (secondary N) is 1. The van der Waals surface area contributed by atoms with Gasteiger partial charge in [-0.05, 0) is 23.8 Å². The van der Waals surface area contributed by atoms with Gasteiger partial charge in [-0.3, -0.25) is 4.79 Å². The lowest BCUT2D eigenvalue weighted by Crippen LogP contribution is -2.48. The third kappa shape index (κ3) is 4.78. The molecule has 1 amide bonds. The minimum absolute atomic E-state index is 0.110. The van der Waals surface area contributed by atoms with E-state index in [0.717, 1.165) is 0 Å². The summed E-state index contributed by atoms with van der Waals surface area (Å²) in [5, 5.41) is 17.4. The first-order chi connectivity index (χ1) is 13.6. The maximum Gasteiger partial charge on any atom is 0.326 e. The number of amides is 1. The maximum atomic E-state index is 12.6. The molecule has 2 aliphatic rings. The standard InChI is InChI=1S/C18H25N3O6S2/c1-12(2)10-13(17(23)24)19-16(22)14-11-18(27-20-14)5-7-21(8-6-18)29(25,26)15-4-3-9-28-15/h3-4,9,12-13H,5-8,10-11H2,1-2H3,(H,19,22)(H,23,24). The Kier molecular flexibility index (Phi) is 6.30. The summed E-state index contributed by atoms with van der Waals surface area (Å²) < 4.78 is 27.0. The lowest BCUT2D eigenvalue weighted by atomic mass is 9.87. The van der Waals surface area contributed by atoms with Gasteiger partial charge in [0.2, 0.25) is 0 Å². The number of sulfonamides is 1. The summed E-state index contributed by atoms with van der Waals surface area (Å²) in [4.78, 5) is 29.4. The Labute approximate surface area is 173 Å². The van der Waals surface area contributed by atoms with Crippen LogP contribution in [0, 0.1) is 5.92 Å². The summed E-state index contributed by atoms with van der Waals surface area (Å²) in [5.74, 6) is -1.53. The smallest absolute Gasteiger partial charge is 0.326 e. The van der Waals surface area contributed by atoms with Crippen molar-refractivity contribution in [3.63, 3.8) is 0 Å². The molecule has 1 fully saturated rings. The molecule has 1 spiro atoms. The second-order valence-corrected chi connectivity index (χ2v) is 10.9. The summed E-state index contributed by atoms with van der Waals surface area (Å²) >= 11 is 1.18. The van der Waals surface area contributed by atoms with Crippen LogP contribution in [-0.2, 0) is 24.4 Å². The van der Waals surface area contributed by atoms with E-state index in [1.54, 1.807) is 17.5 Å². The number of hydrogen-bond acceptors (Lipinski definition) is 7. The largest absolute Gasteiger partial charge is 0.480 e. The van der Waals surface area contributed by atoms with Crippen LogP contribution in [0.25, 0.3) is 0 Å². The van der Waals surface area contributed by atoms with Gasteiger partial charge in [0.05, 0.1) is 0 Å². The SMILES string of the molecule is CC(C)CC(NC(=O)C1=NOC2(CCN(S(=O)(=O)c3cccs3)CC2)C1)C(=O)O. The Morgan fingerprint density at radius 2 is 2.07 bits per heavy atom. The van der Waals surface area contributed by atoms with E-state index < -0.39 is 33.5 Å². The molecule has 0 saturated carbocycles. The molecule has 3 heterocycles. The number of piperidine rings is 1. The number of carbonyl (C=O) groups is 2. The van der Waals surface area contributed by atoms with E-state index in [9.17, 15) is 23.1 Å². The molecule has 29 heavy (non-hydrogen) atoms. The van der Waals surface area contributed by atoms with Crippen LogP contribution in [0.2, 0.25) is 0 Å². The molecule has 2 N–H and O–H groups in total. The predicted molar refractivity (Wildman–Crippen MR) is 107 cm³/mol. The number of aliphatic carboxylic acids is 1. The van der Waals surface area contributed by atoms with Crippen molar-refractivity contribution >= 4 is 38.9 Å². The van der Waals surface area contributed by atoms with Gasteiger partial charge in [0.25, 0.3) is 15.9 Å². The summed E-state index contributed by atoms with van der Waals surface area (Å²) in [6, 6.07) is 2.29. The first kappa shape index (κ1) is 21.7. The highest BCUT2D eigenvalue weighted by Crippen LogP contribution is 2.36. The van der Waals surface area contributed by atoms with Crippen molar-refractivity contribution in [2.75, 3.05) is 13.1 Å². The van der Waals surface area contributed by atoms with Gasteiger partial charge >= 0.3 is 5.97 Å². The van der Waals surface area contributed by atoms with Crippen molar-refractivity contribution in [2.45, 2.75) is 55.4 Å². The Morgan fingerprint density at radius 1 is 1.38 bits per heavy atom. The van der Waals surface area contributed by atoms with Gasteiger partial charge in [0.1, 0.15) is 21.6 Å². The molecule has 1 aromatic heterocycles. The molecule has 1 unspecified atom stereocenters. The molecule has 1 atom stereocenters. The number of carboxylic acids is 1. The van der Waals surface area contributed by atoms with Crippen LogP contribution in [0.3, 0.4) is 0 Å². The molecular weight excluding hydrogens is 418 g/mol. The van der Waals surface area contributed by atoms with Gasteiger partial charge in [-0.25, -0.2) is 13.2 Å². The van der Waals surface area contributed by atoms with Crippen LogP contribution in [-0.4, -0.2) is 60.2 Å². The van der Waals surface area contributed by atoms with E-state index in [0.29, 0.717) is 23.5 Å². The topological polar surface area (TPSA) is 125 Å². The third-order valence-corrected chi connectivity index (χ3v) is 8.41. The maximum absolute atomic E-state index is 12.6. The first-order valence-electron chi connectivity index (χ1n) is 9.45. The number of hydrogen-bond donors (Lipinski definition) is 2. The monoisotopic (exact) mass is 443 g/mol. The molecule has 0 radical (unpaired) electrons.